The molecule has 15 nitrogen and oxygen atoms in total. The molecular weight excluding hydrogens is 940 g/mol. The fourth-order valence-corrected chi connectivity index (χ4v) is 10.9. The lowest BCUT2D eigenvalue weighted by Crippen LogP contribution is -2.51. The molecule has 4 aliphatic carbocycles. The number of carbonyl (C=O) groups excluding carboxylic acids is 5. The van der Waals surface area contributed by atoms with E-state index in [9.17, 15) is 33.9 Å². The number of rotatable bonds is 10. The van der Waals surface area contributed by atoms with Crippen molar-refractivity contribution in [1.29, 1.82) is 0 Å². The molecule has 3 amide bonds. The van der Waals surface area contributed by atoms with Crippen LogP contribution in [0.4, 0.5) is 9.59 Å². The van der Waals surface area contributed by atoms with Gasteiger partial charge in [-0.2, -0.15) is 0 Å². The number of hydrogen-bond acceptors (Lipinski definition) is 11. The molecule has 2 aliphatic heterocycles. The summed E-state index contributed by atoms with van der Waals surface area (Å²) in [7, 11) is 3.49. The Bertz CT molecular complexity index is 2340. The average molecular weight is 1020 g/mol. The van der Waals surface area contributed by atoms with Gasteiger partial charge < -0.3 is 44.8 Å². The molecule has 0 spiro atoms. The summed E-state index contributed by atoms with van der Waals surface area (Å²) < 4.78 is 10.7. The number of aliphatic carboxylic acids is 1. The maximum absolute atomic E-state index is 13.6. The number of carboxylic acid groups (broad SMARTS) is 1. The van der Waals surface area contributed by atoms with Crippen LogP contribution in [0.15, 0.2) is 59.7 Å². The number of Topliss-reactive ketones (excluding diaryl/α,β-unsaturated/α-hetero) is 2. The second-order valence-electron chi connectivity index (χ2n) is 22.4. The largest absolute Gasteiger partial charge is 0.481 e. The van der Waals surface area contributed by atoms with Crippen LogP contribution in [0.5, 0.6) is 0 Å². The van der Waals surface area contributed by atoms with Crippen molar-refractivity contribution in [1.82, 2.24) is 20.0 Å². The molecule has 16 heteroatoms. The van der Waals surface area contributed by atoms with Gasteiger partial charge in [-0.15, -0.1) is 12.4 Å². The van der Waals surface area contributed by atoms with Crippen LogP contribution in [0.3, 0.4) is 0 Å². The molecule has 2 atom stereocenters. The van der Waals surface area contributed by atoms with E-state index in [0.717, 1.165) is 57.9 Å². The number of carboxylic acids is 1. The second kappa shape index (κ2) is 25.2. The van der Waals surface area contributed by atoms with Gasteiger partial charge in [-0.1, -0.05) is 48.5 Å². The molecule has 0 bridgehead atoms. The summed E-state index contributed by atoms with van der Waals surface area (Å²) in [5.41, 5.74) is 9.17. The van der Waals surface area contributed by atoms with Crippen molar-refractivity contribution in [2.45, 2.75) is 142 Å². The number of carbonyl (C=O) groups is 6. The second-order valence-corrected chi connectivity index (χ2v) is 22.4. The van der Waals surface area contributed by atoms with Gasteiger partial charge in [-0.05, 0) is 169 Å². The molecule has 0 saturated heterocycles. The normalized spacial score (nSPS) is 23.2. The zero-order valence-corrected chi connectivity index (χ0v) is 44.5. The first-order chi connectivity index (χ1) is 33.5. The monoisotopic (exact) mass is 1020 g/mol. The van der Waals surface area contributed by atoms with E-state index in [1.54, 1.807) is 28.8 Å². The summed E-state index contributed by atoms with van der Waals surface area (Å²) in [4.78, 5) is 77.8. The van der Waals surface area contributed by atoms with Gasteiger partial charge in [0, 0.05) is 52.6 Å². The van der Waals surface area contributed by atoms with E-state index in [1.807, 2.05) is 59.7 Å². The van der Waals surface area contributed by atoms with Crippen LogP contribution in [0, 0.1) is 23.7 Å². The Balaban J connectivity index is 0.000000219. The Morgan fingerprint density at radius 1 is 0.639 bits per heavy atom. The summed E-state index contributed by atoms with van der Waals surface area (Å²) in [6.07, 6.45) is 8.73. The number of halogens is 1. The Morgan fingerprint density at radius 3 is 1.54 bits per heavy atom. The number of nitrogens with one attached hydrogen (secondary N) is 1. The van der Waals surface area contributed by atoms with E-state index < -0.39 is 29.8 Å². The number of ketones is 2. The minimum Gasteiger partial charge on any atom is -0.481 e. The Hall–Kier alpha value is -5.09. The van der Waals surface area contributed by atoms with E-state index in [1.165, 1.54) is 44.5 Å². The van der Waals surface area contributed by atoms with Crippen LogP contribution in [0.1, 0.15) is 128 Å². The van der Waals surface area contributed by atoms with Crippen LogP contribution < -0.4 is 5.32 Å². The Morgan fingerprint density at radius 2 is 1.08 bits per heavy atom. The summed E-state index contributed by atoms with van der Waals surface area (Å²) in [5.74, 6) is -0.694. The highest BCUT2D eigenvalue weighted by atomic mass is 35.5. The number of fused-ring (bicyclic) bond motifs is 4. The molecule has 0 unspecified atom stereocenters. The number of benzene rings is 2. The van der Waals surface area contributed by atoms with Crippen molar-refractivity contribution in [3.05, 3.63) is 81.9 Å². The van der Waals surface area contributed by atoms with Gasteiger partial charge in [-0.3, -0.25) is 19.2 Å². The molecule has 2 fully saturated rings. The average Bonchev–Trinajstić information content (AvgIpc) is 3.90. The molecule has 4 N–H and O–H groups in total. The molecular formula is C56H79ClN4O11. The number of hydrogen-bond donors (Lipinski definition) is 4. The number of amides is 3. The molecule has 6 aliphatic rings. The van der Waals surface area contributed by atoms with Crippen molar-refractivity contribution in [2.24, 2.45) is 23.7 Å². The van der Waals surface area contributed by atoms with Gasteiger partial charge in [0.05, 0.1) is 18.0 Å². The van der Waals surface area contributed by atoms with Gasteiger partial charge in [-0.25, -0.2) is 9.59 Å². The van der Waals surface area contributed by atoms with Crippen molar-refractivity contribution in [3.8, 4) is 0 Å². The zero-order chi connectivity index (χ0) is 51.8. The highest BCUT2D eigenvalue weighted by molar-refractivity contribution is 5.95. The molecule has 2 saturated carbocycles. The minimum absolute atomic E-state index is 0. The van der Waals surface area contributed by atoms with Crippen molar-refractivity contribution < 1.29 is 53.6 Å². The maximum Gasteiger partial charge on any atom is 0.410 e. The van der Waals surface area contributed by atoms with E-state index in [4.69, 9.17) is 19.7 Å². The molecule has 8 rings (SSSR count). The van der Waals surface area contributed by atoms with E-state index in [2.05, 4.69) is 35.6 Å². The zero-order valence-electron chi connectivity index (χ0n) is 43.7. The highest BCUT2D eigenvalue weighted by Gasteiger charge is 2.41. The highest BCUT2D eigenvalue weighted by Crippen LogP contribution is 2.42. The van der Waals surface area contributed by atoms with Crippen LogP contribution in [-0.4, -0.2) is 142 Å². The standard InChI is InChI=1S/C28H38N2O5.C14H25NO4.C14H15NO2.ClH/c1-28(2,3)35-27(34)29(4)15-18-9-11-19(12-10-18)26(33)30-16-21-13-20-7-5-6-8-22(20)23(21)14-24(30)25(32)17-31;1-14(2,3)19-13(18)15(4)9-10-5-7-11(8-6-10)12(16)17;16-8-14(17)13-6-12-10(7-15-13)5-9-3-1-2-4-11(9)12;/h5-8,18-19,24,31H,9-17H2,1-4H3;10-11H,5-9H2,1-4H3,(H,16,17);1-4,13,15-16H,5-8H2;1H/t18?,19?,24-;;13-;/m0.0./s1. The van der Waals surface area contributed by atoms with E-state index in [-0.39, 0.29) is 66.6 Å². The Labute approximate surface area is 432 Å². The number of aliphatic hydroxyl groups excluding tert-OH is 2. The van der Waals surface area contributed by atoms with Gasteiger partial charge in [0.25, 0.3) is 0 Å². The topological polar surface area (TPSA) is 203 Å². The molecule has 2 aromatic carbocycles. The first kappa shape index (κ1) is 57.8. The fourth-order valence-electron chi connectivity index (χ4n) is 10.9. The van der Waals surface area contributed by atoms with Crippen molar-refractivity contribution in [2.75, 3.05) is 53.5 Å². The maximum atomic E-state index is 13.6. The quantitative estimate of drug-likeness (QED) is 0.179. The lowest BCUT2D eigenvalue weighted by molar-refractivity contribution is -0.144. The van der Waals surface area contributed by atoms with Gasteiger partial charge in [0.1, 0.15) is 24.4 Å². The van der Waals surface area contributed by atoms with Crippen molar-refractivity contribution >= 4 is 59.2 Å². The van der Waals surface area contributed by atoms with E-state index in [0.29, 0.717) is 57.2 Å². The SMILES string of the molecule is CN(CC1CCC(C(=O)N2CC3=C(C[C@H]2C(=O)CO)c2ccccc2C3)CC1)C(=O)OC(C)(C)C.CN(CC1CCC(C(=O)O)CC1)C(=O)OC(C)(C)C.Cl.O=C(CO)[C@@H]1CC2=C(CN1)Cc1ccccc12. The summed E-state index contributed by atoms with van der Waals surface area (Å²) in [6, 6.07) is 15.8. The number of ether oxygens (including phenoxy) is 2. The molecule has 0 aromatic heterocycles. The van der Waals surface area contributed by atoms with Gasteiger partial charge >= 0.3 is 18.2 Å². The third-order valence-electron chi connectivity index (χ3n) is 14.7. The number of nitrogens with zero attached hydrogens (tertiary/aromatic N) is 3. The van der Waals surface area contributed by atoms with Crippen LogP contribution in [-0.2, 0) is 41.5 Å². The first-order valence-corrected chi connectivity index (χ1v) is 25.6. The molecule has 2 aromatic rings. The van der Waals surface area contributed by atoms with E-state index >= 15 is 0 Å². The Kier molecular flexibility index (Phi) is 20.3. The van der Waals surface area contributed by atoms with Gasteiger partial charge in [0.2, 0.25) is 5.91 Å². The lowest BCUT2D eigenvalue weighted by Gasteiger charge is -2.39. The molecule has 72 heavy (non-hydrogen) atoms. The third kappa shape index (κ3) is 15.2. The minimum atomic E-state index is -0.695. The van der Waals surface area contributed by atoms with Crippen molar-refractivity contribution in [3.63, 3.8) is 0 Å². The third-order valence-corrected chi connectivity index (χ3v) is 14.7. The van der Waals surface area contributed by atoms with Gasteiger partial charge in [0.15, 0.2) is 11.6 Å². The summed E-state index contributed by atoms with van der Waals surface area (Å²) in [6.45, 7) is 12.6. The molecule has 2 heterocycles. The van der Waals surface area contributed by atoms with Crippen LogP contribution >= 0.6 is 12.4 Å². The summed E-state index contributed by atoms with van der Waals surface area (Å²) >= 11 is 0. The molecule has 396 valence electrons. The molecule has 0 radical (unpaired) electrons. The van der Waals surface area contributed by atoms with Crippen LogP contribution in [0.2, 0.25) is 0 Å². The smallest absolute Gasteiger partial charge is 0.410 e. The summed E-state index contributed by atoms with van der Waals surface area (Å²) in [5, 5.41) is 30.7. The predicted octanol–water partition coefficient (Wildman–Crippen LogP) is 7.92. The number of aliphatic hydroxyl groups is 2. The lowest BCUT2D eigenvalue weighted by atomic mass is 9.80. The predicted molar refractivity (Wildman–Crippen MR) is 278 cm³/mol. The first-order valence-electron chi connectivity index (χ1n) is 25.6. The van der Waals surface area contributed by atoms with Crippen LogP contribution in [0.25, 0.3) is 11.1 Å². The fraction of sp³-hybridized carbons (Fsp3) is 0.607.